The van der Waals surface area contributed by atoms with E-state index in [9.17, 15) is 9.90 Å². The van der Waals surface area contributed by atoms with Crippen LogP contribution in [0, 0.1) is 5.92 Å². The van der Waals surface area contributed by atoms with E-state index in [-0.39, 0.29) is 12.0 Å². The first-order valence-corrected chi connectivity index (χ1v) is 8.37. The van der Waals surface area contributed by atoms with Crippen molar-refractivity contribution in [1.29, 1.82) is 0 Å². The summed E-state index contributed by atoms with van der Waals surface area (Å²) in [6.45, 7) is 4.96. The van der Waals surface area contributed by atoms with Crippen LogP contribution in [0.25, 0.3) is 0 Å². The standard InChI is InChI=1S/C16H29NO4/c1-2-9-17-16(15(18)19)8-3-5-13(16)7-11-20-12-14-6-4-10-21-14/h13-14,17H,2-12H2,1H3,(H,18,19). The van der Waals surface area contributed by atoms with Crippen molar-refractivity contribution in [2.45, 2.75) is 63.5 Å². The molecule has 1 aliphatic heterocycles. The van der Waals surface area contributed by atoms with Gasteiger partial charge in [-0.15, -0.1) is 0 Å². The zero-order valence-electron chi connectivity index (χ0n) is 13.1. The molecule has 0 radical (unpaired) electrons. The molecule has 1 heterocycles. The van der Waals surface area contributed by atoms with Crippen molar-refractivity contribution in [3.05, 3.63) is 0 Å². The predicted molar refractivity (Wildman–Crippen MR) is 80.4 cm³/mol. The summed E-state index contributed by atoms with van der Waals surface area (Å²) in [5, 5.41) is 13.0. The highest BCUT2D eigenvalue weighted by molar-refractivity contribution is 5.79. The van der Waals surface area contributed by atoms with E-state index >= 15 is 0 Å². The third-order valence-electron chi connectivity index (χ3n) is 4.83. The summed E-state index contributed by atoms with van der Waals surface area (Å²) in [7, 11) is 0. The van der Waals surface area contributed by atoms with Crippen molar-refractivity contribution in [1.82, 2.24) is 5.32 Å². The van der Waals surface area contributed by atoms with E-state index in [1.54, 1.807) is 0 Å². The van der Waals surface area contributed by atoms with Gasteiger partial charge >= 0.3 is 5.97 Å². The van der Waals surface area contributed by atoms with Gasteiger partial charge in [0.1, 0.15) is 5.54 Å². The van der Waals surface area contributed by atoms with Crippen molar-refractivity contribution >= 4 is 5.97 Å². The minimum absolute atomic E-state index is 0.172. The number of ether oxygens (including phenoxy) is 2. The van der Waals surface area contributed by atoms with Gasteiger partial charge in [-0.05, 0) is 51.0 Å². The molecule has 1 aliphatic carbocycles. The van der Waals surface area contributed by atoms with Crippen LogP contribution in [0.3, 0.4) is 0 Å². The van der Waals surface area contributed by atoms with Gasteiger partial charge in [0.15, 0.2) is 0 Å². The molecular formula is C16H29NO4. The van der Waals surface area contributed by atoms with Gasteiger partial charge in [-0.25, -0.2) is 0 Å². The number of nitrogens with one attached hydrogen (secondary N) is 1. The second-order valence-corrected chi connectivity index (χ2v) is 6.29. The number of hydrogen-bond donors (Lipinski definition) is 2. The van der Waals surface area contributed by atoms with Gasteiger partial charge in [-0.2, -0.15) is 0 Å². The van der Waals surface area contributed by atoms with Gasteiger partial charge in [0.2, 0.25) is 0 Å². The Morgan fingerprint density at radius 2 is 2.29 bits per heavy atom. The van der Waals surface area contributed by atoms with Crippen LogP contribution in [-0.4, -0.2) is 49.1 Å². The maximum atomic E-state index is 11.8. The normalized spacial score (nSPS) is 32.6. The van der Waals surface area contributed by atoms with Crippen molar-refractivity contribution in [3.8, 4) is 0 Å². The fourth-order valence-electron chi connectivity index (χ4n) is 3.62. The average molecular weight is 299 g/mol. The molecule has 0 aromatic carbocycles. The summed E-state index contributed by atoms with van der Waals surface area (Å²) in [6.07, 6.45) is 6.92. The number of aliphatic carboxylic acids is 1. The maximum Gasteiger partial charge on any atom is 0.324 e. The number of hydrogen-bond acceptors (Lipinski definition) is 4. The molecule has 1 saturated heterocycles. The van der Waals surface area contributed by atoms with E-state index in [4.69, 9.17) is 9.47 Å². The molecule has 0 bridgehead atoms. The molecule has 0 aromatic heterocycles. The molecule has 5 nitrogen and oxygen atoms in total. The van der Waals surface area contributed by atoms with E-state index in [1.165, 1.54) is 0 Å². The van der Waals surface area contributed by atoms with E-state index in [0.717, 1.165) is 58.1 Å². The smallest absolute Gasteiger partial charge is 0.324 e. The highest BCUT2D eigenvalue weighted by Gasteiger charge is 2.48. The summed E-state index contributed by atoms with van der Waals surface area (Å²) in [6, 6.07) is 0. The van der Waals surface area contributed by atoms with Gasteiger partial charge in [0, 0.05) is 13.2 Å². The molecule has 5 heteroatoms. The van der Waals surface area contributed by atoms with Crippen LogP contribution in [0.5, 0.6) is 0 Å². The van der Waals surface area contributed by atoms with Crippen LogP contribution >= 0.6 is 0 Å². The molecule has 2 fully saturated rings. The highest BCUT2D eigenvalue weighted by Crippen LogP contribution is 2.38. The van der Waals surface area contributed by atoms with Crippen LogP contribution < -0.4 is 5.32 Å². The average Bonchev–Trinajstić information content (AvgIpc) is 3.11. The maximum absolute atomic E-state index is 11.8. The fraction of sp³-hybridized carbons (Fsp3) is 0.938. The Morgan fingerprint density at radius 3 is 2.95 bits per heavy atom. The Labute approximate surface area is 127 Å². The van der Waals surface area contributed by atoms with Crippen LogP contribution in [0.4, 0.5) is 0 Å². The lowest BCUT2D eigenvalue weighted by Crippen LogP contribution is -2.55. The molecule has 0 aromatic rings. The van der Waals surface area contributed by atoms with Crippen molar-refractivity contribution < 1.29 is 19.4 Å². The minimum Gasteiger partial charge on any atom is -0.480 e. The Hall–Kier alpha value is -0.650. The summed E-state index contributed by atoms with van der Waals surface area (Å²) >= 11 is 0. The van der Waals surface area contributed by atoms with Crippen LogP contribution in [0.15, 0.2) is 0 Å². The lowest BCUT2D eigenvalue weighted by atomic mass is 9.84. The SMILES string of the molecule is CCCNC1(C(=O)O)CCCC1CCOCC1CCCO1. The predicted octanol–water partition coefficient (Wildman–Crippen LogP) is 2.20. The zero-order chi connectivity index (χ0) is 15.1. The number of carboxylic acid groups (broad SMARTS) is 1. The monoisotopic (exact) mass is 299 g/mol. The molecule has 0 spiro atoms. The zero-order valence-corrected chi connectivity index (χ0v) is 13.1. The lowest BCUT2D eigenvalue weighted by Gasteiger charge is -2.32. The number of carbonyl (C=O) groups is 1. The quantitative estimate of drug-likeness (QED) is 0.639. The van der Waals surface area contributed by atoms with Gasteiger partial charge in [0.25, 0.3) is 0 Å². The Balaban J connectivity index is 1.77. The second kappa shape index (κ2) is 8.11. The third-order valence-corrected chi connectivity index (χ3v) is 4.83. The molecule has 2 aliphatic rings. The Bertz CT molecular complexity index is 330. The van der Waals surface area contributed by atoms with E-state index in [1.807, 2.05) is 0 Å². The van der Waals surface area contributed by atoms with E-state index in [2.05, 4.69) is 12.2 Å². The molecule has 3 atom stereocenters. The fourth-order valence-corrected chi connectivity index (χ4v) is 3.62. The first-order valence-electron chi connectivity index (χ1n) is 8.37. The van der Waals surface area contributed by atoms with Crippen molar-refractivity contribution in [2.24, 2.45) is 5.92 Å². The molecule has 122 valence electrons. The van der Waals surface area contributed by atoms with E-state index < -0.39 is 11.5 Å². The van der Waals surface area contributed by atoms with Crippen molar-refractivity contribution in [2.75, 3.05) is 26.4 Å². The summed E-state index contributed by atoms with van der Waals surface area (Å²) in [5.74, 6) is -0.524. The molecule has 2 rings (SSSR count). The highest BCUT2D eigenvalue weighted by atomic mass is 16.5. The van der Waals surface area contributed by atoms with Crippen LogP contribution in [0.2, 0.25) is 0 Å². The molecular weight excluding hydrogens is 270 g/mol. The third kappa shape index (κ3) is 4.18. The van der Waals surface area contributed by atoms with Gasteiger partial charge in [-0.3, -0.25) is 4.79 Å². The van der Waals surface area contributed by atoms with E-state index in [0.29, 0.717) is 13.2 Å². The largest absolute Gasteiger partial charge is 0.480 e. The minimum atomic E-state index is -0.733. The summed E-state index contributed by atoms with van der Waals surface area (Å²) < 4.78 is 11.2. The topological polar surface area (TPSA) is 67.8 Å². The van der Waals surface area contributed by atoms with Gasteiger partial charge in [-0.1, -0.05) is 13.3 Å². The summed E-state index contributed by atoms with van der Waals surface area (Å²) in [5.41, 5.74) is -0.733. The molecule has 3 unspecified atom stereocenters. The first-order chi connectivity index (χ1) is 10.2. The summed E-state index contributed by atoms with van der Waals surface area (Å²) in [4.78, 5) is 11.8. The second-order valence-electron chi connectivity index (χ2n) is 6.29. The lowest BCUT2D eigenvalue weighted by molar-refractivity contribution is -0.147. The number of rotatable bonds is 9. The van der Waals surface area contributed by atoms with Crippen LogP contribution in [0.1, 0.15) is 51.9 Å². The molecule has 0 amide bonds. The molecule has 21 heavy (non-hydrogen) atoms. The van der Waals surface area contributed by atoms with Gasteiger partial charge < -0.3 is 19.9 Å². The van der Waals surface area contributed by atoms with Gasteiger partial charge in [0.05, 0.1) is 12.7 Å². The Kier molecular flexibility index (Phi) is 6.45. The molecule has 2 N–H and O–H groups in total. The Morgan fingerprint density at radius 1 is 1.43 bits per heavy atom. The van der Waals surface area contributed by atoms with Crippen molar-refractivity contribution in [3.63, 3.8) is 0 Å². The number of carboxylic acids is 1. The first kappa shape index (κ1) is 16.7. The molecule has 1 saturated carbocycles. The van der Waals surface area contributed by atoms with Crippen LogP contribution in [-0.2, 0) is 14.3 Å².